The number of benzene rings is 1. The number of hydrogen-bond acceptors (Lipinski definition) is 4. The molecule has 4 N–H and O–H groups in total. The lowest BCUT2D eigenvalue weighted by atomic mass is 9.96. The number of carbonyl (C=O) groups excluding carboxylic acids is 1. The van der Waals surface area contributed by atoms with E-state index in [0.717, 1.165) is 6.42 Å². The van der Waals surface area contributed by atoms with Gasteiger partial charge in [-0.25, -0.2) is 4.79 Å². The van der Waals surface area contributed by atoms with Crippen molar-refractivity contribution >= 4 is 17.6 Å². The van der Waals surface area contributed by atoms with Gasteiger partial charge in [0.25, 0.3) is 0 Å². The van der Waals surface area contributed by atoms with Crippen LogP contribution in [-0.4, -0.2) is 29.1 Å². The molecule has 1 aromatic carbocycles. The van der Waals surface area contributed by atoms with Crippen LogP contribution < -0.4 is 15.8 Å². The van der Waals surface area contributed by atoms with Gasteiger partial charge in [-0.3, -0.25) is 4.79 Å². The number of carbonyl (C=O) groups is 2. The van der Waals surface area contributed by atoms with Gasteiger partial charge in [-0.1, -0.05) is 19.4 Å². The van der Waals surface area contributed by atoms with Gasteiger partial charge >= 0.3 is 5.97 Å². The van der Waals surface area contributed by atoms with Crippen LogP contribution in [0.3, 0.4) is 0 Å². The molecule has 1 aromatic rings. The van der Waals surface area contributed by atoms with E-state index in [1.165, 1.54) is 0 Å². The molecular formula is C14H20N2O4. The van der Waals surface area contributed by atoms with Gasteiger partial charge in [0.05, 0.1) is 5.54 Å². The van der Waals surface area contributed by atoms with Crippen LogP contribution >= 0.6 is 0 Å². The van der Waals surface area contributed by atoms with Crippen LogP contribution in [0, 0.1) is 0 Å². The van der Waals surface area contributed by atoms with E-state index in [0.29, 0.717) is 17.9 Å². The highest BCUT2D eigenvalue weighted by Gasteiger charge is 2.27. The lowest BCUT2D eigenvalue weighted by Gasteiger charge is -2.22. The summed E-state index contributed by atoms with van der Waals surface area (Å²) in [5.74, 6) is -0.967. The summed E-state index contributed by atoms with van der Waals surface area (Å²) in [6.45, 7) is 3.21. The van der Waals surface area contributed by atoms with Gasteiger partial charge in [0, 0.05) is 11.8 Å². The molecule has 0 heterocycles. The van der Waals surface area contributed by atoms with Gasteiger partial charge in [0.2, 0.25) is 5.91 Å². The van der Waals surface area contributed by atoms with Crippen molar-refractivity contribution in [3.63, 3.8) is 0 Å². The zero-order valence-corrected chi connectivity index (χ0v) is 11.7. The van der Waals surface area contributed by atoms with E-state index in [2.05, 4.69) is 5.32 Å². The minimum absolute atomic E-state index is 0.283. The summed E-state index contributed by atoms with van der Waals surface area (Å²) in [5.41, 5.74) is 5.52. The van der Waals surface area contributed by atoms with Gasteiger partial charge in [-0.2, -0.15) is 0 Å². The summed E-state index contributed by atoms with van der Waals surface area (Å²) in [7, 11) is 0. The monoisotopic (exact) mass is 280 g/mol. The van der Waals surface area contributed by atoms with Crippen LogP contribution in [0.2, 0.25) is 0 Å². The summed E-state index contributed by atoms with van der Waals surface area (Å²) in [6.07, 6.45) is 1.39. The highest BCUT2D eigenvalue weighted by molar-refractivity contribution is 5.97. The first-order valence-corrected chi connectivity index (χ1v) is 6.40. The number of amides is 1. The second-order valence-electron chi connectivity index (χ2n) is 4.83. The van der Waals surface area contributed by atoms with Crippen molar-refractivity contribution in [3.05, 3.63) is 24.3 Å². The van der Waals surface area contributed by atoms with Gasteiger partial charge in [-0.15, -0.1) is 0 Å². The van der Waals surface area contributed by atoms with Crippen molar-refractivity contribution in [3.8, 4) is 5.75 Å². The van der Waals surface area contributed by atoms with Crippen molar-refractivity contribution in [1.29, 1.82) is 0 Å². The third kappa shape index (κ3) is 4.89. The largest absolute Gasteiger partial charge is 0.482 e. The molecule has 0 aliphatic rings. The molecule has 1 unspecified atom stereocenters. The fourth-order valence-corrected chi connectivity index (χ4v) is 1.72. The van der Waals surface area contributed by atoms with Gasteiger partial charge in [0.1, 0.15) is 5.75 Å². The highest BCUT2D eigenvalue weighted by atomic mass is 16.5. The molecule has 0 saturated heterocycles. The van der Waals surface area contributed by atoms with Crippen LogP contribution in [0.15, 0.2) is 24.3 Å². The summed E-state index contributed by atoms with van der Waals surface area (Å²) < 4.78 is 5.04. The summed E-state index contributed by atoms with van der Waals surface area (Å²) in [5, 5.41) is 11.2. The predicted octanol–water partition coefficient (Wildman–Crippen LogP) is 1.61. The molecule has 0 saturated carbocycles. The van der Waals surface area contributed by atoms with E-state index in [1.54, 1.807) is 31.2 Å². The van der Waals surface area contributed by atoms with Crippen molar-refractivity contribution in [2.45, 2.75) is 32.2 Å². The van der Waals surface area contributed by atoms with Crippen LogP contribution in [0.5, 0.6) is 5.75 Å². The van der Waals surface area contributed by atoms with E-state index in [9.17, 15) is 9.59 Å². The Bertz CT molecular complexity index is 486. The van der Waals surface area contributed by atoms with E-state index < -0.39 is 18.1 Å². The molecule has 6 nitrogen and oxygen atoms in total. The molecule has 0 aliphatic heterocycles. The Morgan fingerprint density at radius 1 is 1.45 bits per heavy atom. The number of ether oxygens (including phenoxy) is 1. The van der Waals surface area contributed by atoms with E-state index in [1.807, 2.05) is 6.92 Å². The molecule has 20 heavy (non-hydrogen) atoms. The average Bonchev–Trinajstić information content (AvgIpc) is 2.36. The minimum Gasteiger partial charge on any atom is -0.482 e. The Labute approximate surface area is 117 Å². The molecular weight excluding hydrogens is 260 g/mol. The molecule has 1 amide bonds. The Morgan fingerprint density at radius 3 is 2.75 bits per heavy atom. The first-order chi connectivity index (χ1) is 9.35. The first kappa shape index (κ1) is 16.0. The molecule has 6 heteroatoms. The number of nitrogens with one attached hydrogen (secondary N) is 1. The SMILES string of the molecule is CCCC(C)(N)C(=O)Nc1cccc(OCC(=O)O)c1. The molecule has 0 fully saturated rings. The van der Waals surface area contributed by atoms with Crippen LogP contribution in [-0.2, 0) is 9.59 Å². The third-order valence-corrected chi connectivity index (χ3v) is 2.74. The minimum atomic E-state index is -1.06. The number of anilines is 1. The topological polar surface area (TPSA) is 102 Å². The number of rotatable bonds is 7. The van der Waals surface area contributed by atoms with Gasteiger partial charge < -0.3 is 20.9 Å². The molecule has 0 bridgehead atoms. The lowest BCUT2D eigenvalue weighted by Crippen LogP contribution is -2.48. The molecule has 0 radical (unpaired) electrons. The molecule has 110 valence electrons. The van der Waals surface area contributed by atoms with Gasteiger partial charge in [0.15, 0.2) is 6.61 Å². The third-order valence-electron chi connectivity index (χ3n) is 2.74. The smallest absolute Gasteiger partial charge is 0.341 e. The molecule has 0 aliphatic carbocycles. The van der Waals surface area contributed by atoms with Crippen LogP contribution in [0.1, 0.15) is 26.7 Å². The predicted molar refractivity (Wildman–Crippen MR) is 75.7 cm³/mol. The number of carboxylic acids is 1. The zero-order chi connectivity index (χ0) is 15.2. The number of nitrogens with two attached hydrogens (primary N) is 1. The maximum atomic E-state index is 12.0. The van der Waals surface area contributed by atoms with Gasteiger partial charge in [-0.05, 0) is 25.5 Å². The van der Waals surface area contributed by atoms with E-state index in [-0.39, 0.29) is 5.91 Å². The normalized spacial score (nSPS) is 13.3. The first-order valence-electron chi connectivity index (χ1n) is 6.40. The number of hydrogen-bond donors (Lipinski definition) is 3. The molecule has 0 aromatic heterocycles. The fraction of sp³-hybridized carbons (Fsp3) is 0.429. The van der Waals surface area contributed by atoms with E-state index >= 15 is 0 Å². The van der Waals surface area contributed by atoms with Crippen molar-refractivity contribution in [1.82, 2.24) is 0 Å². The summed E-state index contributed by atoms with van der Waals surface area (Å²) in [6, 6.07) is 6.53. The maximum absolute atomic E-state index is 12.0. The Morgan fingerprint density at radius 2 is 2.15 bits per heavy atom. The Kier molecular flexibility index (Phi) is 5.52. The highest BCUT2D eigenvalue weighted by Crippen LogP contribution is 2.19. The van der Waals surface area contributed by atoms with E-state index in [4.69, 9.17) is 15.6 Å². The second-order valence-corrected chi connectivity index (χ2v) is 4.83. The Balaban J connectivity index is 2.70. The summed E-state index contributed by atoms with van der Waals surface area (Å²) >= 11 is 0. The summed E-state index contributed by atoms with van der Waals surface area (Å²) in [4.78, 5) is 22.5. The van der Waals surface area contributed by atoms with Crippen LogP contribution in [0.25, 0.3) is 0 Å². The Hall–Kier alpha value is -2.08. The van der Waals surface area contributed by atoms with Crippen LogP contribution in [0.4, 0.5) is 5.69 Å². The van der Waals surface area contributed by atoms with Crippen molar-refractivity contribution in [2.75, 3.05) is 11.9 Å². The quantitative estimate of drug-likeness (QED) is 0.704. The number of aliphatic carboxylic acids is 1. The molecule has 1 atom stereocenters. The molecule has 0 spiro atoms. The molecule has 1 rings (SSSR count). The maximum Gasteiger partial charge on any atom is 0.341 e. The fourth-order valence-electron chi connectivity index (χ4n) is 1.72. The lowest BCUT2D eigenvalue weighted by molar-refractivity contribution is -0.139. The van der Waals surface area contributed by atoms with Crippen molar-refractivity contribution < 1.29 is 19.4 Å². The average molecular weight is 280 g/mol. The second kappa shape index (κ2) is 6.91. The zero-order valence-electron chi connectivity index (χ0n) is 11.7. The van der Waals surface area contributed by atoms with Crippen molar-refractivity contribution in [2.24, 2.45) is 5.73 Å². The number of carboxylic acid groups (broad SMARTS) is 1. The standard InChI is InChI=1S/C14H20N2O4/c1-3-7-14(2,15)13(19)16-10-5-4-6-11(8-10)20-9-12(17)18/h4-6,8H,3,7,9,15H2,1-2H3,(H,16,19)(H,17,18).